The minimum atomic E-state index is 0.757. The van der Waals surface area contributed by atoms with Gasteiger partial charge < -0.3 is 5.32 Å². The molecule has 1 N–H and O–H groups in total. The van der Waals surface area contributed by atoms with Crippen molar-refractivity contribution in [3.05, 3.63) is 23.5 Å². The Morgan fingerprint density at radius 3 is 3.00 bits per heavy atom. The van der Waals surface area contributed by atoms with Crippen LogP contribution in [-0.4, -0.2) is 26.3 Å². The number of rotatable bonds is 3. The molecule has 0 bridgehead atoms. The van der Waals surface area contributed by atoms with E-state index in [1.807, 2.05) is 24.9 Å². The number of nitrogens with one attached hydrogen (secondary N) is 1. The van der Waals surface area contributed by atoms with Gasteiger partial charge in [0.2, 0.25) is 0 Å². The van der Waals surface area contributed by atoms with E-state index in [9.17, 15) is 0 Å². The summed E-state index contributed by atoms with van der Waals surface area (Å²) in [6.45, 7) is 2.96. The summed E-state index contributed by atoms with van der Waals surface area (Å²) >= 11 is 1.89. The third-order valence-corrected chi connectivity index (χ3v) is 3.94. The Hall–Kier alpha value is -1.56. The number of aryl methyl sites for hydroxylation is 1. The predicted octanol–water partition coefficient (Wildman–Crippen LogP) is 2.06. The zero-order chi connectivity index (χ0) is 12.5. The van der Waals surface area contributed by atoms with E-state index in [4.69, 9.17) is 0 Å². The van der Waals surface area contributed by atoms with Crippen molar-refractivity contribution in [1.29, 1.82) is 0 Å². The molecule has 3 heterocycles. The lowest BCUT2D eigenvalue weighted by Gasteiger charge is -2.10. The Morgan fingerprint density at radius 1 is 1.39 bits per heavy atom. The third-order valence-electron chi connectivity index (χ3n) is 2.97. The monoisotopic (exact) mass is 261 g/mol. The molecule has 2 aromatic rings. The van der Waals surface area contributed by atoms with Crippen molar-refractivity contribution in [1.82, 2.24) is 19.7 Å². The maximum Gasteiger partial charge on any atom is 0.180 e. The summed E-state index contributed by atoms with van der Waals surface area (Å²) in [5.74, 6) is 3.71. The molecule has 0 aromatic carbocycles. The number of aromatic nitrogens is 4. The van der Waals surface area contributed by atoms with Gasteiger partial charge in [0.05, 0.1) is 5.69 Å². The lowest BCUT2D eigenvalue weighted by Crippen LogP contribution is -2.08. The number of fused-ring (bicyclic) bond motifs is 1. The van der Waals surface area contributed by atoms with E-state index in [0.29, 0.717) is 0 Å². The van der Waals surface area contributed by atoms with Gasteiger partial charge in [0.1, 0.15) is 11.5 Å². The molecule has 0 radical (unpaired) electrons. The van der Waals surface area contributed by atoms with Gasteiger partial charge >= 0.3 is 0 Å². The molecule has 0 saturated carbocycles. The van der Waals surface area contributed by atoms with Crippen LogP contribution in [0.2, 0.25) is 0 Å². The second-order valence-corrected chi connectivity index (χ2v) is 5.17. The van der Waals surface area contributed by atoms with Gasteiger partial charge in [0, 0.05) is 36.9 Å². The Bertz CT molecular complexity index is 578. The molecule has 3 rings (SSSR count). The standard InChI is InChI=1S/C12H15N5S/c1-3-13-11-8-6-18-7-9(8)15-12(16-11)10-4-5-14-17(10)2/h4-5H,3,6-7H2,1-2H3,(H,13,15,16). The quantitative estimate of drug-likeness (QED) is 0.916. The van der Waals surface area contributed by atoms with Crippen LogP contribution in [0, 0.1) is 0 Å². The fourth-order valence-electron chi connectivity index (χ4n) is 2.07. The molecule has 0 saturated heterocycles. The van der Waals surface area contributed by atoms with Crippen molar-refractivity contribution in [2.75, 3.05) is 11.9 Å². The molecule has 0 unspecified atom stereocenters. The highest BCUT2D eigenvalue weighted by Crippen LogP contribution is 2.34. The lowest BCUT2D eigenvalue weighted by molar-refractivity contribution is 0.769. The molecule has 0 spiro atoms. The first-order chi connectivity index (χ1) is 8.79. The second kappa shape index (κ2) is 4.61. The van der Waals surface area contributed by atoms with Gasteiger partial charge in [0.25, 0.3) is 0 Å². The lowest BCUT2D eigenvalue weighted by atomic mass is 10.2. The number of hydrogen-bond donors (Lipinski definition) is 1. The maximum absolute atomic E-state index is 4.67. The van der Waals surface area contributed by atoms with Gasteiger partial charge in [-0.25, -0.2) is 9.97 Å². The smallest absolute Gasteiger partial charge is 0.180 e. The van der Waals surface area contributed by atoms with Gasteiger partial charge in [-0.2, -0.15) is 16.9 Å². The summed E-state index contributed by atoms with van der Waals surface area (Å²) < 4.78 is 1.81. The summed E-state index contributed by atoms with van der Waals surface area (Å²) in [5, 5.41) is 7.51. The SMILES string of the molecule is CCNc1nc(-c2ccnn2C)nc2c1CSC2. The number of anilines is 1. The van der Waals surface area contributed by atoms with Crippen LogP contribution in [-0.2, 0) is 18.6 Å². The normalized spacial score (nSPS) is 13.7. The molecular weight excluding hydrogens is 246 g/mol. The molecule has 6 heteroatoms. The minimum Gasteiger partial charge on any atom is -0.370 e. The first-order valence-corrected chi connectivity index (χ1v) is 7.15. The van der Waals surface area contributed by atoms with Crippen LogP contribution < -0.4 is 5.32 Å². The highest BCUT2D eigenvalue weighted by atomic mass is 32.2. The summed E-state index contributed by atoms with van der Waals surface area (Å²) in [6, 6.07) is 1.94. The van der Waals surface area contributed by atoms with E-state index >= 15 is 0 Å². The molecule has 5 nitrogen and oxygen atoms in total. The molecule has 0 aliphatic carbocycles. The third kappa shape index (κ3) is 1.86. The average molecular weight is 261 g/mol. The maximum atomic E-state index is 4.67. The van der Waals surface area contributed by atoms with E-state index in [2.05, 4.69) is 27.3 Å². The molecule has 1 aliphatic rings. The summed E-state index contributed by atoms with van der Waals surface area (Å²) in [6.07, 6.45) is 1.77. The molecule has 0 atom stereocenters. The molecule has 2 aromatic heterocycles. The topological polar surface area (TPSA) is 55.6 Å². The highest BCUT2D eigenvalue weighted by Gasteiger charge is 2.20. The summed E-state index contributed by atoms with van der Waals surface area (Å²) in [4.78, 5) is 9.31. The first-order valence-electron chi connectivity index (χ1n) is 5.99. The zero-order valence-corrected chi connectivity index (χ0v) is 11.3. The largest absolute Gasteiger partial charge is 0.370 e. The Balaban J connectivity index is 2.12. The van der Waals surface area contributed by atoms with Gasteiger partial charge in [0.15, 0.2) is 5.82 Å². The fraction of sp³-hybridized carbons (Fsp3) is 0.417. The molecule has 18 heavy (non-hydrogen) atoms. The van der Waals surface area contributed by atoms with Crippen LogP contribution in [0.1, 0.15) is 18.2 Å². The van der Waals surface area contributed by atoms with Crippen LogP contribution >= 0.6 is 11.8 Å². The van der Waals surface area contributed by atoms with Crippen molar-refractivity contribution in [2.24, 2.45) is 7.05 Å². The van der Waals surface area contributed by atoms with Gasteiger partial charge in [-0.15, -0.1) is 0 Å². The van der Waals surface area contributed by atoms with Gasteiger partial charge in [-0.3, -0.25) is 4.68 Å². The first kappa shape index (κ1) is 11.5. The van der Waals surface area contributed by atoms with E-state index in [0.717, 1.165) is 41.1 Å². The molecule has 0 fully saturated rings. The van der Waals surface area contributed by atoms with Gasteiger partial charge in [-0.1, -0.05) is 0 Å². The van der Waals surface area contributed by atoms with Crippen LogP contribution in [0.15, 0.2) is 12.3 Å². The Labute approximate surface area is 110 Å². The summed E-state index contributed by atoms with van der Waals surface area (Å²) in [7, 11) is 1.91. The van der Waals surface area contributed by atoms with E-state index in [1.54, 1.807) is 10.9 Å². The van der Waals surface area contributed by atoms with Crippen molar-refractivity contribution in [3.63, 3.8) is 0 Å². The molecule has 1 aliphatic heterocycles. The van der Waals surface area contributed by atoms with Crippen LogP contribution in [0.3, 0.4) is 0 Å². The number of hydrogen-bond acceptors (Lipinski definition) is 5. The van der Waals surface area contributed by atoms with Crippen LogP contribution in [0.25, 0.3) is 11.5 Å². The molecule has 94 valence electrons. The van der Waals surface area contributed by atoms with Gasteiger partial charge in [-0.05, 0) is 13.0 Å². The van der Waals surface area contributed by atoms with Crippen molar-refractivity contribution in [3.8, 4) is 11.5 Å². The average Bonchev–Trinajstić information content (AvgIpc) is 2.97. The van der Waals surface area contributed by atoms with E-state index < -0.39 is 0 Å². The number of nitrogens with zero attached hydrogens (tertiary/aromatic N) is 4. The van der Waals surface area contributed by atoms with Crippen molar-refractivity contribution >= 4 is 17.6 Å². The van der Waals surface area contributed by atoms with Crippen molar-refractivity contribution in [2.45, 2.75) is 18.4 Å². The highest BCUT2D eigenvalue weighted by molar-refractivity contribution is 7.98. The van der Waals surface area contributed by atoms with E-state index in [1.165, 1.54) is 5.56 Å². The van der Waals surface area contributed by atoms with Crippen LogP contribution in [0.4, 0.5) is 5.82 Å². The Morgan fingerprint density at radius 2 is 2.28 bits per heavy atom. The predicted molar refractivity (Wildman–Crippen MR) is 73.4 cm³/mol. The molecule has 0 amide bonds. The minimum absolute atomic E-state index is 0.757. The second-order valence-electron chi connectivity index (χ2n) is 4.18. The Kier molecular flexibility index (Phi) is 2.95. The fourth-order valence-corrected chi connectivity index (χ4v) is 3.11. The number of thioether (sulfide) groups is 1. The van der Waals surface area contributed by atoms with Crippen molar-refractivity contribution < 1.29 is 0 Å². The molecular formula is C12H15N5S. The van der Waals surface area contributed by atoms with E-state index in [-0.39, 0.29) is 0 Å². The van der Waals surface area contributed by atoms with Crippen LogP contribution in [0.5, 0.6) is 0 Å². The summed E-state index contributed by atoms with van der Waals surface area (Å²) in [5.41, 5.74) is 3.36. The zero-order valence-electron chi connectivity index (χ0n) is 10.5.